The van der Waals surface area contributed by atoms with E-state index in [0.29, 0.717) is 41.7 Å². The van der Waals surface area contributed by atoms with Gasteiger partial charge < -0.3 is 14.7 Å². The van der Waals surface area contributed by atoms with Gasteiger partial charge in [-0.1, -0.05) is 30.3 Å². The van der Waals surface area contributed by atoms with Gasteiger partial charge in [-0.2, -0.15) is 4.98 Å². The van der Waals surface area contributed by atoms with Crippen LogP contribution in [0.3, 0.4) is 0 Å². The van der Waals surface area contributed by atoms with E-state index < -0.39 is 0 Å². The Morgan fingerprint density at radius 3 is 2.87 bits per heavy atom. The van der Waals surface area contributed by atoms with Crippen molar-refractivity contribution in [2.45, 2.75) is 39.2 Å². The normalized spacial score (nSPS) is 16.3. The zero-order valence-electron chi connectivity index (χ0n) is 17.1. The van der Waals surface area contributed by atoms with Crippen molar-refractivity contribution in [3.8, 4) is 11.6 Å². The van der Waals surface area contributed by atoms with Gasteiger partial charge in [0.05, 0.1) is 12.2 Å². The Balaban J connectivity index is 1.44. The van der Waals surface area contributed by atoms with Crippen LogP contribution in [0, 0.1) is 0 Å². The molecule has 1 atom stereocenters. The topological polar surface area (TPSA) is 119 Å². The maximum Gasteiger partial charge on any atom is 0.280 e. The Hall–Kier alpha value is -3.56. The number of hydrogen-bond acceptors (Lipinski definition) is 7. The van der Waals surface area contributed by atoms with Crippen molar-refractivity contribution in [1.29, 1.82) is 0 Å². The fourth-order valence-electron chi connectivity index (χ4n) is 3.38. The summed E-state index contributed by atoms with van der Waals surface area (Å²) in [7, 11) is 0. The molecule has 1 unspecified atom stereocenters. The third-order valence-corrected chi connectivity index (χ3v) is 4.94. The van der Waals surface area contributed by atoms with Crippen molar-refractivity contribution in [3.63, 3.8) is 0 Å². The van der Waals surface area contributed by atoms with Crippen molar-refractivity contribution in [2.75, 3.05) is 18.4 Å². The standard InChI is InChI=1S/C20H23N7O3/c1-12(2)18-22-19(30-24-18)17-11-27(25-23-17)16-7-8-26(10-16)20(29)14-5-4-6-15(9-14)21-13(3)28/h4-6,9,11-12,16H,7-8,10H2,1-3H3,(H,21,28). The third-order valence-electron chi connectivity index (χ3n) is 4.94. The van der Waals surface area contributed by atoms with Gasteiger partial charge in [0.15, 0.2) is 11.5 Å². The molecule has 0 radical (unpaired) electrons. The monoisotopic (exact) mass is 409 g/mol. The van der Waals surface area contributed by atoms with Gasteiger partial charge in [0.25, 0.3) is 11.8 Å². The zero-order valence-corrected chi connectivity index (χ0v) is 17.1. The first-order chi connectivity index (χ1) is 14.4. The third kappa shape index (κ3) is 4.07. The van der Waals surface area contributed by atoms with Crippen molar-refractivity contribution in [1.82, 2.24) is 30.0 Å². The summed E-state index contributed by atoms with van der Waals surface area (Å²) >= 11 is 0. The lowest BCUT2D eigenvalue weighted by atomic mass is 10.1. The zero-order chi connectivity index (χ0) is 21.3. The van der Waals surface area contributed by atoms with Crippen LogP contribution < -0.4 is 5.32 Å². The van der Waals surface area contributed by atoms with Crippen LogP contribution in [0.2, 0.25) is 0 Å². The van der Waals surface area contributed by atoms with Crippen LogP contribution in [0.4, 0.5) is 5.69 Å². The summed E-state index contributed by atoms with van der Waals surface area (Å²) in [6.45, 7) is 6.54. The second kappa shape index (κ2) is 8.05. The van der Waals surface area contributed by atoms with E-state index in [1.54, 1.807) is 40.0 Å². The van der Waals surface area contributed by atoms with Gasteiger partial charge in [0.2, 0.25) is 5.91 Å². The van der Waals surface area contributed by atoms with Crippen LogP contribution in [0.5, 0.6) is 0 Å². The molecule has 1 N–H and O–H groups in total. The molecule has 3 heterocycles. The van der Waals surface area contributed by atoms with E-state index in [9.17, 15) is 9.59 Å². The molecule has 10 heteroatoms. The number of hydrogen-bond donors (Lipinski definition) is 1. The van der Waals surface area contributed by atoms with E-state index in [1.165, 1.54) is 6.92 Å². The summed E-state index contributed by atoms with van der Waals surface area (Å²) in [5.41, 5.74) is 1.65. The van der Waals surface area contributed by atoms with Crippen molar-refractivity contribution in [2.24, 2.45) is 0 Å². The average molecular weight is 409 g/mol. The van der Waals surface area contributed by atoms with Crippen molar-refractivity contribution >= 4 is 17.5 Å². The maximum absolute atomic E-state index is 12.9. The highest BCUT2D eigenvalue weighted by molar-refractivity contribution is 5.97. The van der Waals surface area contributed by atoms with E-state index in [-0.39, 0.29) is 23.8 Å². The Morgan fingerprint density at radius 1 is 1.30 bits per heavy atom. The molecular weight excluding hydrogens is 386 g/mol. The Labute approximate surface area is 173 Å². The minimum atomic E-state index is -0.176. The molecule has 1 saturated heterocycles. The highest BCUT2D eigenvalue weighted by atomic mass is 16.5. The molecule has 10 nitrogen and oxygen atoms in total. The molecule has 30 heavy (non-hydrogen) atoms. The fraction of sp³-hybridized carbons (Fsp3) is 0.400. The number of carbonyl (C=O) groups is 2. The van der Waals surface area contributed by atoms with Crippen LogP contribution in [-0.2, 0) is 4.79 Å². The molecule has 1 aromatic carbocycles. The quantitative estimate of drug-likeness (QED) is 0.687. The second-order valence-corrected chi connectivity index (χ2v) is 7.65. The number of amides is 2. The molecule has 1 aliphatic heterocycles. The molecule has 0 spiro atoms. The van der Waals surface area contributed by atoms with Crippen molar-refractivity contribution < 1.29 is 14.1 Å². The second-order valence-electron chi connectivity index (χ2n) is 7.65. The molecular formula is C20H23N7O3. The molecule has 156 valence electrons. The predicted molar refractivity (Wildman–Crippen MR) is 108 cm³/mol. The summed E-state index contributed by atoms with van der Waals surface area (Å²) in [4.78, 5) is 30.3. The van der Waals surface area contributed by atoms with Gasteiger partial charge in [-0.25, -0.2) is 4.68 Å². The highest BCUT2D eigenvalue weighted by Gasteiger charge is 2.29. The number of benzene rings is 1. The number of aromatic nitrogens is 5. The molecule has 2 aromatic heterocycles. The smallest absolute Gasteiger partial charge is 0.280 e. The minimum absolute atomic E-state index is 0.0150. The highest BCUT2D eigenvalue weighted by Crippen LogP contribution is 2.25. The molecule has 0 saturated carbocycles. The first kappa shape index (κ1) is 19.7. The molecule has 3 aromatic rings. The lowest BCUT2D eigenvalue weighted by Gasteiger charge is -2.17. The number of likely N-dealkylation sites (tertiary alicyclic amines) is 1. The number of nitrogens with one attached hydrogen (secondary N) is 1. The van der Waals surface area contributed by atoms with Crippen LogP contribution in [0.15, 0.2) is 35.0 Å². The Bertz CT molecular complexity index is 1070. The van der Waals surface area contributed by atoms with Gasteiger partial charge in [-0.3, -0.25) is 9.59 Å². The Morgan fingerprint density at radius 2 is 2.13 bits per heavy atom. The summed E-state index contributed by atoms with van der Waals surface area (Å²) in [5, 5.41) is 15.0. The van der Waals surface area contributed by atoms with E-state index >= 15 is 0 Å². The lowest BCUT2D eigenvalue weighted by molar-refractivity contribution is -0.114. The summed E-state index contributed by atoms with van der Waals surface area (Å²) < 4.78 is 7.02. The molecule has 4 rings (SSSR count). The maximum atomic E-state index is 12.9. The first-order valence-corrected chi connectivity index (χ1v) is 9.83. The van der Waals surface area contributed by atoms with Crippen molar-refractivity contribution in [3.05, 3.63) is 41.9 Å². The molecule has 1 fully saturated rings. The largest absolute Gasteiger partial charge is 0.336 e. The average Bonchev–Trinajstić information content (AvgIpc) is 3.46. The molecule has 0 bridgehead atoms. The number of carbonyl (C=O) groups excluding carboxylic acids is 2. The van der Waals surface area contributed by atoms with E-state index in [1.807, 2.05) is 13.8 Å². The van der Waals surface area contributed by atoms with Crippen LogP contribution in [-0.4, -0.2) is 54.9 Å². The number of nitrogens with zero attached hydrogens (tertiary/aromatic N) is 6. The van der Waals surface area contributed by atoms with Crippen LogP contribution >= 0.6 is 0 Å². The van der Waals surface area contributed by atoms with E-state index in [0.717, 1.165) is 6.42 Å². The Kier molecular flexibility index (Phi) is 5.30. The molecule has 1 aliphatic rings. The fourth-order valence-corrected chi connectivity index (χ4v) is 3.38. The lowest BCUT2D eigenvalue weighted by Crippen LogP contribution is -2.29. The van der Waals surface area contributed by atoms with Crippen LogP contribution in [0.1, 0.15) is 55.3 Å². The van der Waals surface area contributed by atoms with Crippen LogP contribution in [0.25, 0.3) is 11.6 Å². The first-order valence-electron chi connectivity index (χ1n) is 9.83. The molecule has 0 aliphatic carbocycles. The SMILES string of the molecule is CC(=O)Nc1cccc(C(=O)N2CCC(n3cc(-c4nc(C(C)C)no4)nn3)C2)c1. The molecule has 2 amide bonds. The summed E-state index contributed by atoms with van der Waals surface area (Å²) in [6.07, 6.45) is 2.54. The van der Waals surface area contributed by atoms with Gasteiger partial charge in [-0.05, 0) is 24.6 Å². The van der Waals surface area contributed by atoms with Gasteiger partial charge >= 0.3 is 0 Å². The van der Waals surface area contributed by atoms with Gasteiger partial charge in [-0.15, -0.1) is 5.10 Å². The van der Waals surface area contributed by atoms with E-state index in [4.69, 9.17) is 4.52 Å². The summed E-state index contributed by atoms with van der Waals surface area (Å²) in [6, 6.07) is 6.96. The minimum Gasteiger partial charge on any atom is -0.336 e. The van der Waals surface area contributed by atoms with E-state index in [2.05, 4.69) is 25.8 Å². The number of anilines is 1. The number of rotatable bonds is 5. The van der Waals surface area contributed by atoms with Gasteiger partial charge in [0, 0.05) is 37.2 Å². The summed E-state index contributed by atoms with van der Waals surface area (Å²) in [5.74, 6) is 0.869. The predicted octanol–water partition coefficient (Wildman–Crippen LogP) is 2.50. The van der Waals surface area contributed by atoms with Gasteiger partial charge in [0.1, 0.15) is 0 Å².